The van der Waals surface area contributed by atoms with Crippen molar-refractivity contribution < 1.29 is 0 Å². The van der Waals surface area contributed by atoms with E-state index < -0.39 is 0 Å². The Bertz CT molecular complexity index is 3480. The van der Waals surface area contributed by atoms with E-state index in [1.165, 1.54) is 95.8 Å². The van der Waals surface area contributed by atoms with E-state index in [0.717, 1.165) is 11.4 Å². The van der Waals surface area contributed by atoms with Gasteiger partial charge in [-0.1, -0.05) is 146 Å². The highest BCUT2D eigenvalue weighted by molar-refractivity contribution is 7.27. The number of aromatic nitrogens is 1. The van der Waals surface area contributed by atoms with Gasteiger partial charge in [0.1, 0.15) is 0 Å². The SMILES string of the molecule is c1ccc(-c2ccc(N(c3ccc(-c4cccc5c4sc4ccccc45)cc3)c3cccc4c3sc3c4ccc4c3c3ccccc3n4-c3ccccc3)cc2)cc1. The average Bonchev–Trinajstić information content (AvgIpc) is 3.98. The van der Waals surface area contributed by atoms with Crippen LogP contribution < -0.4 is 4.90 Å². The monoisotopic (exact) mass is 774 g/mol. The molecule has 0 aliphatic carbocycles. The summed E-state index contributed by atoms with van der Waals surface area (Å²) in [4.78, 5) is 2.45. The Morgan fingerprint density at radius 2 is 0.931 bits per heavy atom. The summed E-state index contributed by atoms with van der Waals surface area (Å²) in [6, 6.07) is 75.4. The second-order valence-electron chi connectivity index (χ2n) is 14.9. The third-order valence-corrected chi connectivity index (χ3v) is 14.1. The molecule has 3 heterocycles. The highest BCUT2D eigenvalue weighted by Crippen LogP contribution is 2.49. The van der Waals surface area contributed by atoms with Crippen LogP contribution in [0.2, 0.25) is 0 Å². The van der Waals surface area contributed by atoms with Crippen LogP contribution in [0.15, 0.2) is 206 Å². The van der Waals surface area contributed by atoms with Crippen LogP contribution >= 0.6 is 22.7 Å². The summed E-state index contributed by atoms with van der Waals surface area (Å²) < 4.78 is 7.66. The molecule has 12 rings (SSSR count). The third kappa shape index (κ3) is 5.16. The molecule has 0 atom stereocenters. The van der Waals surface area contributed by atoms with E-state index in [1.54, 1.807) is 0 Å². The van der Waals surface area contributed by atoms with E-state index in [2.05, 4.69) is 216 Å². The van der Waals surface area contributed by atoms with E-state index >= 15 is 0 Å². The Labute approximate surface area is 343 Å². The molecule has 2 nitrogen and oxygen atoms in total. The van der Waals surface area contributed by atoms with Gasteiger partial charge in [-0.25, -0.2) is 0 Å². The van der Waals surface area contributed by atoms with E-state index in [-0.39, 0.29) is 0 Å². The second kappa shape index (κ2) is 13.3. The minimum atomic E-state index is 1.12. The summed E-state index contributed by atoms with van der Waals surface area (Å²) in [6.07, 6.45) is 0. The van der Waals surface area contributed by atoms with Gasteiger partial charge in [-0.05, 0) is 82.9 Å². The maximum absolute atomic E-state index is 2.45. The number of rotatable bonds is 6. The Morgan fingerprint density at radius 1 is 0.345 bits per heavy atom. The summed E-state index contributed by atoms with van der Waals surface area (Å²) in [7, 11) is 0. The van der Waals surface area contributed by atoms with Crippen molar-refractivity contribution in [2.24, 2.45) is 0 Å². The van der Waals surface area contributed by atoms with Crippen LogP contribution in [0.25, 0.3) is 90.1 Å². The predicted molar refractivity (Wildman–Crippen MR) is 252 cm³/mol. The first-order chi connectivity index (χ1) is 28.8. The quantitative estimate of drug-likeness (QED) is 0.163. The number of nitrogens with zero attached hydrogens (tertiary/aromatic N) is 2. The molecule has 0 saturated heterocycles. The van der Waals surface area contributed by atoms with Gasteiger partial charge < -0.3 is 9.47 Å². The summed E-state index contributed by atoms with van der Waals surface area (Å²) in [5, 5.41) is 7.79. The molecule has 0 saturated carbocycles. The molecule has 0 radical (unpaired) electrons. The molecule has 58 heavy (non-hydrogen) atoms. The minimum absolute atomic E-state index is 1.12. The minimum Gasteiger partial charge on any atom is -0.309 e. The largest absolute Gasteiger partial charge is 0.309 e. The number of benzene rings is 9. The van der Waals surface area contributed by atoms with Crippen molar-refractivity contribution >= 4 is 102 Å². The molecule has 0 N–H and O–H groups in total. The number of hydrogen-bond donors (Lipinski definition) is 0. The molecule has 12 aromatic rings. The standard InChI is InChI=1S/C54H34N2S2/c1-3-13-35(14-4-1)36-25-29-39(30-26-36)55(40-31-27-37(28-32-40)41-19-11-20-43-42-17-8-10-24-50(42)57-52(41)43)49-23-12-21-44-45-33-34-48-51(54(45)58-53(44)49)46-18-7-9-22-47(46)56(48)38-15-5-2-6-16-38/h1-34H. The Kier molecular flexibility index (Phi) is 7.62. The van der Waals surface area contributed by atoms with Gasteiger partial charge in [0, 0.05) is 63.5 Å². The lowest BCUT2D eigenvalue weighted by molar-refractivity contribution is 1.18. The number of para-hydroxylation sites is 2. The molecule has 0 aliphatic heterocycles. The number of thiophene rings is 2. The molecule has 9 aromatic carbocycles. The lowest BCUT2D eigenvalue weighted by atomic mass is 10.0. The molecule has 0 unspecified atom stereocenters. The molecule has 0 amide bonds. The van der Waals surface area contributed by atoms with Gasteiger partial charge in [0.25, 0.3) is 0 Å². The third-order valence-electron chi connectivity index (χ3n) is 11.6. The highest BCUT2D eigenvalue weighted by Gasteiger charge is 2.22. The number of fused-ring (bicyclic) bond motifs is 10. The van der Waals surface area contributed by atoms with Crippen LogP contribution in [0, 0.1) is 0 Å². The van der Waals surface area contributed by atoms with Crippen molar-refractivity contribution in [1.29, 1.82) is 0 Å². The van der Waals surface area contributed by atoms with Crippen molar-refractivity contribution in [1.82, 2.24) is 4.57 Å². The van der Waals surface area contributed by atoms with Crippen molar-refractivity contribution in [3.8, 4) is 27.9 Å². The van der Waals surface area contributed by atoms with Crippen LogP contribution in [0.4, 0.5) is 17.1 Å². The van der Waals surface area contributed by atoms with Gasteiger partial charge in [-0.15, -0.1) is 22.7 Å². The normalized spacial score (nSPS) is 11.8. The average molecular weight is 775 g/mol. The van der Waals surface area contributed by atoms with Gasteiger partial charge in [-0.2, -0.15) is 0 Å². The molecule has 0 bridgehead atoms. The van der Waals surface area contributed by atoms with Gasteiger partial charge in [-0.3, -0.25) is 0 Å². The number of hydrogen-bond acceptors (Lipinski definition) is 3. The Morgan fingerprint density at radius 3 is 1.71 bits per heavy atom. The van der Waals surface area contributed by atoms with Crippen LogP contribution in [0.1, 0.15) is 0 Å². The van der Waals surface area contributed by atoms with Crippen LogP contribution in [0.5, 0.6) is 0 Å². The Balaban J connectivity index is 1.06. The fourth-order valence-electron chi connectivity index (χ4n) is 8.95. The fourth-order valence-corrected chi connectivity index (χ4v) is 11.5. The summed E-state index contributed by atoms with van der Waals surface area (Å²) in [5.74, 6) is 0. The smallest absolute Gasteiger partial charge is 0.0640 e. The summed E-state index contributed by atoms with van der Waals surface area (Å²) in [6.45, 7) is 0. The number of anilines is 3. The van der Waals surface area contributed by atoms with Gasteiger partial charge in [0.2, 0.25) is 0 Å². The molecule has 272 valence electrons. The second-order valence-corrected chi connectivity index (χ2v) is 16.9. The zero-order chi connectivity index (χ0) is 38.2. The van der Waals surface area contributed by atoms with Crippen LogP contribution in [-0.2, 0) is 0 Å². The molecular weight excluding hydrogens is 741 g/mol. The first-order valence-corrected chi connectivity index (χ1v) is 21.3. The maximum atomic E-state index is 2.45. The van der Waals surface area contributed by atoms with E-state index in [0.29, 0.717) is 0 Å². The molecule has 0 aliphatic rings. The first kappa shape index (κ1) is 33.2. The van der Waals surface area contributed by atoms with Gasteiger partial charge >= 0.3 is 0 Å². The fraction of sp³-hybridized carbons (Fsp3) is 0. The van der Waals surface area contributed by atoms with Crippen LogP contribution in [-0.4, -0.2) is 4.57 Å². The van der Waals surface area contributed by atoms with Crippen molar-refractivity contribution in [3.63, 3.8) is 0 Å². The topological polar surface area (TPSA) is 8.17 Å². The van der Waals surface area contributed by atoms with Crippen LogP contribution in [0.3, 0.4) is 0 Å². The predicted octanol–water partition coefficient (Wildman–Crippen LogP) is 16.3. The van der Waals surface area contributed by atoms with Crippen molar-refractivity contribution in [2.75, 3.05) is 4.90 Å². The zero-order valence-corrected chi connectivity index (χ0v) is 33.0. The first-order valence-electron chi connectivity index (χ1n) is 19.7. The molecule has 0 fully saturated rings. The maximum Gasteiger partial charge on any atom is 0.0640 e. The van der Waals surface area contributed by atoms with Gasteiger partial charge in [0.15, 0.2) is 0 Å². The van der Waals surface area contributed by atoms with Crippen molar-refractivity contribution in [3.05, 3.63) is 206 Å². The van der Waals surface area contributed by atoms with E-state index in [4.69, 9.17) is 0 Å². The van der Waals surface area contributed by atoms with E-state index in [1.807, 2.05) is 22.7 Å². The molecule has 0 spiro atoms. The highest BCUT2D eigenvalue weighted by atomic mass is 32.1. The van der Waals surface area contributed by atoms with E-state index in [9.17, 15) is 0 Å². The lowest BCUT2D eigenvalue weighted by Gasteiger charge is -2.26. The summed E-state index contributed by atoms with van der Waals surface area (Å²) >= 11 is 3.79. The molecular formula is C54H34N2S2. The Hall–Kier alpha value is -6.98. The van der Waals surface area contributed by atoms with Crippen molar-refractivity contribution in [2.45, 2.75) is 0 Å². The summed E-state index contributed by atoms with van der Waals surface area (Å²) in [5.41, 5.74) is 11.9. The molecule has 3 aromatic heterocycles. The zero-order valence-electron chi connectivity index (χ0n) is 31.3. The van der Waals surface area contributed by atoms with Gasteiger partial charge in [0.05, 0.1) is 21.4 Å². The lowest BCUT2D eigenvalue weighted by Crippen LogP contribution is -2.10. The molecule has 4 heteroatoms.